The first-order valence-electron chi connectivity index (χ1n) is 21.6. The molecule has 0 aliphatic carbocycles. The predicted octanol–water partition coefficient (Wildman–Crippen LogP) is 15.5. The molecular formula is C58H34N4O2. The van der Waals surface area contributed by atoms with Crippen molar-refractivity contribution in [2.24, 2.45) is 0 Å². The molecule has 14 rings (SSSR count). The smallest absolute Gasteiger partial charge is 0.227 e. The molecule has 0 unspecified atom stereocenters. The van der Waals surface area contributed by atoms with Gasteiger partial charge in [0.1, 0.15) is 11.0 Å². The van der Waals surface area contributed by atoms with E-state index < -0.39 is 0 Å². The van der Waals surface area contributed by atoms with E-state index >= 15 is 0 Å². The Morgan fingerprint density at radius 3 is 1.16 bits per heavy atom. The first-order chi connectivity index (χ1) is 31.7. The molecule has 0 spiro atoms. The van der Waals surface area contributed by atoms with E-state index in [0.717, 1.165) is 55.8 Å². The van der Waals surface area contributed by atoms with Gasteiger partial charge in [-0.2, -0.15) is 0 Å². The van der Waals surface area contributed by atoms with Gasteiger partial charge in [-0.05, 0) is 130 Å². The quantitative estimate of drug-likeness (QED) is 0.174. The highest BCUT2D eigenvalue weighted by Crippen LogP contribution is 2.40. The van der Waals surface area contributed by atoms with E-state index in [-0.39, 0.29) is 0 Å². The zero-order valence-electron chi connectivity index (χ0n) is 34.2. The molecule has 4 heterocycles. The van der Waals surface area contributed by atoms with Crippen molar-refractivity contribution in [3.63, 3.8) is 0 Å². The highest BCUT2D eigenvalue weighted by molar-refractivity contribution is 6.22. The normalized spacial score (nSPS) is 12.1. The van der Waals surface area contributed by atoms with Gasteiger partial charge in [0, 0.05) is 44.0 Å². The average Bonchev–Trinajstić information content (AvgIpc) is 4.14. The van der Waals surface area contributed by atoms with E-state index in [4.69, 9.17) is 18.8 Å². The summed E-state index contributed by atoms with van der Waals surface area (Å²) >= 11 is 0. The van der Waals surface area contributed by atoms with Crippen LogP contribution in [0.3, 0.4) is 0 Å². The number of oxazole rings is 2. The number of nitrogens with zero attached hydrogens (tertiary/aromatic N) is 4. The Morgan fingerprint density at radius 2 is 0.703 bits per heavy atom. The van der Waals surface area contributed by atoms with Crippen molar-refractivity contribution < 1.29 is 8.83 Å². The summed E-state index contributed by atoms with van der Waals surface area (Å²) in [6, 6.07) is 72.7. The van der Waals surface area contributed by atoms with Crippen LogP contribution in [0.25, 0.3) is 133 Å². The monoisotopic (exact) mass is 818 g/mol. The van der Waals surface area contributed by atoms with Gasteiger partial charge < -0.3 is 18.0 Å². The van der Waals surface area contributed by atoms with Gasteiger partial charge in [-0.3, -0.25) is 0 Å². The summed E-state index contributed by atoms with van der Waals surface area (Å²) in [5, 5.41) is 10.0. The van der Waals surface area contributed by atoms with Gasteiger partial charge in [0.05, 0.1) is 22.1 Å². The first-order valence-corrected chi connectivity index (χ1v) is 21.6. The lowest BCUT2D eigenvalue weighted by Gasteiger charge is -2.09. The van der Waals surface area contributed by atoms with Gasteiger partial charge >= 0.3 is 0 Å². The fourth-order valence-electron chi connectivity index (χ4n) is 10.0. The summed E-state index contributed by atoms with van der Waals surface area (Å²) in [6.45, 7) is 0. The summed E-state index contributed by atoms with van der Waals surface area (Å²) in [6.07, 6.45) is 0. The number of para-hydroxylation sites is 2. The molecular weight excluding hydrogens is 785 g/mol. The van der Waals surface area contributed by atoms with E-state index in [1.807, 2.05) is 12.1 Å². The van der Waals surface area contributed by atoms with E-state index in [0.29, 0.717) is 11.8 Å². The summed E-state index contributed by atoms with van der Waals surface area (Å²) < 4.78 is 17.4. The largest absolute Gasteiger partial charge is 0.436 e. The van der Waals surface area contributed by atoms with Crippen molar-refractivity contribution in [1.29, 1.82) is 0 Å². The molecule has 4 aromatic heterocycles. The van der Waals surface area contributed by atoms with Crippen LogP contribution in [-0.2, 0) is 0 Å². The van der Waals surface area contributed by atoms with Gasteiger partial charge in [0.15, 0.2) is 11.2 Å². The van der Waals surface area contributed by atoms with Gasteiger partial charge in [-0.15, -0.1) is 0 Å². The molecule has 0 fully saturated rings. The SMILES string of the molecule is c1ccc2c(c1)ccc1c2c2ccccc2n1-c1ccc(-c2nc3cc(-c4ccc5oc(-c6ccc(-n7c8ccccc8c8c9ccccc9ccc87)cc6)nc5c4)ccc3o2)cc1. The third-order valence-electron chi connectivity index (χ3n) is 13.0. The fourth-order valence-corrected chi connectivity index (χ4v) is 10.0. The molecule has 0 aliphatic rings. The summed E-state index contributed by atoms with van der Waals surface area (Å²) in [7, 11) is 0. The molecule has 10 aromatic carbocycles. The Balaban J connectivity index is 0.761. The van der Waals surface area contributed by atoms with E-state index in [1.54, 1.807) is 0 Å². The Bertz CT molecular complexity index is 3910. The zero-order chi connectivity index (χ0) is 41.9. The molecule has 6 heteroatoms. The third-order valence-corrected chi connectivity index (χ3v) is 13.0. The lowest BCUT2D eigenvalue weighted by molar-refractivity contribution is 0.619. The highest BCUT2D eigenvalue weighted by Gasteiger charge is 2.18. The van der Waals surface area contributed by atoms with Crippen LogP contribution < -0.4 is 0 Å². The van der Waals surface area contributed by atoms with Crippen LogP contribution in [0.5, 0.6) is 0 Å². The molecule has 298 valence electrons. The van der Waals surface area contributed by atoms with Gasteiger partial charge in [-0.25, -0.2) is 9.97 Å². The zero-order valence-corrected chi connectivity index (χ0v) is 34.2. The van der Waals surface area contributed by atoms with Gasteiger partial charge in [0.2, 0.25) is 11.8 Å². The predicted molar refractivity (Wildman–Crippen MR) is 262 cm³/mol. The van der Waals surface area contributed by atoms with Crippen LogP contribution in [-0.4, -0.2) is 19.1 Å². The van der Waals surface area contributed by atoms with Crippen LogP contribution in [0.15, 0.2) is 215 Å². The second kappa shape index (κ2) is 13.4. The minimum absolute atomic E-state index is 0.584. The fraction of sp³-hybridized carbons (Fsp3) is 0. The van der Waals surface area contributed by atoms with E-state index in [2.05, 4.69) is 203 Å². The molecule has 0 saturated heterocycles. The molecule has 0 N–H and O–H groups in total. The third kappa shape index (κ3) is 5.20. The number of aromatic nitrogens is 4. The summed E-state index contributed by atoms with van der Waals surface area (Å²) in [4.78, 5) is 9.93. The van der Waals surface area contributed by atoms with Crippen molar-refractivity contribution in [3.05, 3.63) is 206 Å². The topological polar surface area (TPSA) is 61.9 Å². The molecule has 0 atom stereocenters. The van der Waals surface area contributed by atoms with E-state index in [9.17, 15) is 0 Å². The maximum Gasteiger partial charge on any atom is 0.227 e. The maximum atomic E-state index is 6.33. The van der Waals surface area contributed by atoms with Crippen LogP contribution in [0, 0.1) is 0 Å². The van der Waals surface area contributed by atoms with Crippen molar-refractivity contribution in [3.8, 4) is 45.4 Å². The number of rotatable bonds is 5. The minimum Gasteiger partial charge on any atom is -0.436 e. The molecule has 64 heavy (non-hydrogen) atoms. The lowest BCUT2D eigenvalue weighted by atomic mass is 10.0. The van der Waals surface area contributed by atoms with Crippen LogP contribution in [0.4, 0.5) is 0 Å². The number of benzene rings is 10. The van der Waals surface area contributed by atoms with Crippen LogP contribution in [0.2, 0.25) is 0 Å². The summed E-state index contributed by atoms with van der Waals surface area (Å²) in [5.74, 6) is 1.17. The second-order valence-corrected chi connectivity index (χ2v) is 16.6. The maximum absolute atomic E-state index is 6.33. The minimum atomic E-state index is 0.584. The number of hydrogen-bond donors (Lipinski definition) is 0. The summed E-state index contributed by atoms with van der Waals surface area (Å²) in [5.41, 5.74) is 13.8. The molecule has 0 aliphatic heterocycles. The molecule has 0 bridgehead atoms. The Kier molecular flexibility index (Phi) is 7.30. The molecule has 6 nitrogen and oxygen atoms in total. The Hall–Kier alpha value is -8.74. The van der Waals surface area contributed by atoms with Gasteiger partial charge in [0.25, 0.3) is 0 Å². The van der Waals surface area contributed by atoms with Crippen molar-refractivity contribution in [2.45, 2.75) is 0 Å². The second-order valence-electron chi connectivity index (χ2n) is 16.6. The highest BCUT2D eigenvalue weighted by atomic mass is 16.4. The van der Waals surface area contributed by atoms with Crippen molar-refractivity contribution in [2.75, 3.05) is 0 Å². The van der Waals surface area contributed by atoms with Crippen LogP contribution in [0.1, 0.15) is 0 Å². The lowest BCUT2D eigenvalue weighted by Crippen LogP contribution is -1.93. The first kappa shape index (κ1) is 34.9. The number of fused-ring (bicyclic) bond motifs is 12. The Labute approximate surface area is 365 Å². The van der Waals surface area contributed by atoms with Crippen LogP contribution >= 0.6 is 0 Å². The van der Waals surface area contributed by atoms with Gasteiger partial charge in [-0.1, -0.05) is 109 Å². The molecule has 0 radical (unpaired) electrons. The van der Waals surface area contributed by atoms with Crippen molar-refractivity contribution >= 4 is 87.4 Å². The molecule has 0 saturated carbocycles. The van der Waals surface area contributed by atoms with Crippen molar-refractivity contribution in [1.82, 2.24) is 19.1 Å². The number of hydrogen-bond acceptors (Lipinski definition) is 4. The molecule has 14 aromatic rings. The standard InChI is InChI=1S/C58H34N4O2/c1-3-11-43-35(9-1)21-29-51-55(43)45-13-5-7-15-49(45)61(51)41-25-17-37(18-26-41)57-59-47-33-39(23-31-53(47)63-57)40-24-32-54-48(34-40)60-58(64-54)38-19-27-42(28-20-38)62-50-16-8-6-14-46(50)56-44-12-4-2-10-36(44)22-30-52(56)62/h1-34H. The van der Waals surface area contributed by atoms with E-state index in [1.165, 1.54) is 65.2 Å². The Morgan fingerprint density at radius 1 is 0.312 bits per heavy atom. The average molecular weight is 819 g/mol. The molecule has 0 amide bonds.